The van der Waals surface area contributed by atoms with Crippen molar-refractivity contribution in [2.24, 2.45) is 5.14 Å². The summed E-state index contributed by atoms with van der Waals surface area (Å²) in [4.78, 5) is 24.9. The van der Waals surface area contributed by atoms with Crippen LogP contribution < -0.4 is 20.5 Å². The summed E-state index contributed by atoms with van der Waals surface area (Å²) in [5.74, 6) is -0.906. The number of anilines is 2. The minimum Gasteiger partial charge on any atom is -0.466 e. The number of ether oxygens (including phenoxy) is 1. The van der Waals surface area contributed by atoms with Gasteiger partial charge in [-0.3, -0.25) is 9.59 Å². The maximum absolute atomic E-state index is 12.6. The Morgan fingerprint density at radius 3 is 2.46 bits per heavy atom. The Morgan fingerprint density at radius 2 is 1.85 bits per heavy atom. The molecule has 8 nitrogen and oxygen atoms in total. The molecule has 3 rings (SSSR count). The number of carbonyl (C=O) groups excluding carboxylic acids is 2. The van der Waals surface area contributed by atoms with E-state index in [-0.39, 0.29) is 4.90 Å². The minimum absolute atomic E-state index is 0.0855. The largest absolute Gasteiger partial charge is 0.466 e. The number of aryl methyl sites for hydroxylation is 1. The second kappa shape index (κ2) is 6.11. The summed E-state index contributed by atoms with van der Waals surface area (Å²) in [5, 5.41) is 10.2. The molecule has 2 aromatic carbocycles. The maximum Gasteiger partial charge on any atom is 0.278 e. The first-order valence-electron chi connectivity index (χ1n) is 7.65. The second-order valence-electron chi connectivity index (χ2n) is 6.11. The molecule has 2 aromatic rings. The van der Waals surface area contributed by atoms with E-state index < -0.39 is 27.4 Å². The average molecular weight is 375 g/mol. The van der Waals surface area contributed by atoms with Gasteiger partial charge in [0.1, 0.15) is 5.75 Å². The first-order valence-corrected chi connectivity index (χ1v) is 9.20. The van der Waals surface area contributed by atoms with Crippen molar-refractivity contribution in [1.82, 2.24) is 0 Å². The van der Waals surface area contributed by atoms with Crippen molar-refractivity contribution in [2.75, 3.05) is 10.6 Å². The smallest absolute Gasteiger partial charge is 0.278 e. The minimum atomic E-state index is -3.83. The molecule has 0 bridgehead atoms. The monoisotopic (exact) mass is 375 g/mol. The van der Waals surface area contributed by atoms with Gasteiger partial charge in [-0.2, -0.15) is 0 Å². The van der Waals surface area contributed by atoms with E-state index in [2.05, 4.69) is 10.6 Å². The quantitative estimate of drug-likeness (QED) is 0.698. The third-order valence-corrected chi connectivity index (χ3v) is 4.93. The molecule has 0 aliphatic carbocycles. The van der Waals surface area contributed by atoms with Gasteiger partial charge in [0.2, 0.25) is 10.0 Å². The Labute approximate surface area is 150 Å². The van der Waals surface area contributed by atoms with E-state index in [1.54, 1.807) is 18.2 Å². The van der Waals surface area contributed by atoms with Gasteiger partial charge in [0, 0.05) is 5.69 Å². The van der Waals surface area contributed by atoms with Crippen LogP contribution in [0.25, 0.3) is 0 Å². The van der Waals surface area contributed by atoms with E-state index in [0.717, 1.165) is 5.56 Å². The SMILES string of the molecule is Cc1ccc2c(c1)NC(=O)C(C)(C(=O)Nc1ccc(S(N)(=O)=O)cc1)O2. The summed E-state index contributed by atoms with van der Waals surface area (Å²) in [6.45, 7) is 3.23. The highest BCUT2D eigenvalue weighted by Crippen LogP contribution is 2.34. The highest BCUT2D eigenvalue weighted by Gasteiger charge is 2.47. The number of primary sulfonamides is 1. The number of hydrogen-bond donors (Lipinski definition) is 3. The van der Waals surface area contributed by atoms with E-state index in [9.17, 15) is 18.0 Å². The zero-order valence-electron chi connectivity index (χ0n) is 14.1. The van der Waals surface area contributed by atoms with Gasteiger partial charge in [-0.25, -0.2) is 13.6 Å². The van der Waals surface area contributed by atoms with Crippen LogP contribution in [-0.2, 0) is 19.6 Å². The Balaban J connectivity index is 1.83. The summed E-state index contributed by atoms with van der Waals surface area (Å²) in [5.41, 5.74) is -0.0379. The maximum atomic E-state index is 12.6. The fourth-order valence-corrected chi connectivity index (χ4v) is 2.98. The molecule has 4 N–H and O–H groups in total. The number of benzene rings is 2. The number of sulfonamides is 1. The summed E-state index contributed by atoms with van der Waals surface area (Å²) in [6, 6.07) is 10.5. The van der Waals surface area contributed by atoms with Crippen LogP contribution in [-0.4, -0.2) is 25.8 Å². The van der Waals surface area contributed by atoms with Gasteiger partial charge in [0.05, 0.1) is 10.6 Å². The number of nitrogens with one attached hydrogen (secondary N) is 2. The van der Waals surface area contributed by atoms with Crippen LogP contribution in [0, 0.1) is 6.92 Å². The first kappa shape index (κ1) is 17.9. The molecule has 0 spiro atoms. The van der Waals surface area contributed by atoms with Gasteiger partial charge in [-0.1, -0.05) is 6.07 Å². The molecule has 0 saturated carbocycles. The van der Waals surface area contributed by atoms with Crippen LogP contribution in [0.2, 0.25) is 0 Å². The summed E-state index contributed by atoms with van der Waals surface area (Å²) in [7, 11) is -3.83. The topological polar surface area (TPSA) is 128 Å². The van der Waals surface area contributed by atoms with Crippen molar-refractivity contribution >= 4 is 33.2 Å². The van der Waals surface area contributed by atoms with Crippen LogP contribution in [0.1, 0.15) is 12.5 Å². The van der Waals surface area contributed by atoms with Crippen LogP contribution in [0.4, 0.5) is 11.4 Å². The van der Waals surface area contributed by atoms with Crippen molar-refractivity contribution in [2.45, 2.75) is 24.3 Å². The standard InChI is InChI=1S/C17H17N3O5S/c1-10-3-8-14-13(9-10)20-16(22)17(2,25-14)15(21)19-11-4-6-12(7-5-11)26(18,23)24/h3-9H,1-2H3,(H,19,21)(H,20,22)(H2,18,23,24). The highest BCUT2D eigenvalue weighted by atomic mass is 32.2. The lowest BCUT2D eigenvalue weighted by Crippen LogP contribution is -2.56. The third kappa shape index (κ3) is 3.26. The van der Waals surface area contributed by atoms with E-state index >= 15 is 0 Å². The van der Waals surface area contributed by atoms with Crippen molar-refractivity contribution < 1.29 is 22.7 Å². The molecule has 26 heavy (non-hydrogen) atoms. The zero-order valence-corrected chi connectivity index (χ0v) is 14.9. The lowest BCUT2D eigenvalue weighted by Gasteiger charge is -2.33. The predicted molar refractivity (Wildman–Crippen MR) is 95.3 cm³/mol. The van der Waals surface area contributed by atoms with Gasteiger partial charge in [0.15, 0.2) is 0 Å². The number of hydrogen-bond acceptors (Lipinski definition) is 5. The average Bonchev–Trinajstić information content (AvgIpc) is 2.56. The molecular weight excluding hydrogens is 358 g/mol. The van der Waals surface area contributed by atoms with E-state index in [4.69, 9.17) is 9.88 Å². The first-order chi connectivity index (χ1) is 12.1. The number of amides is 2. The summed E-state index contributed by atoms with van der Waals surface area (Å²) < 4.78 is 28.2. The number of rotatable bonds is 3. The molecule has 9 heteroatoms. The zero-order chi connectivity index (χ0) is 19.1. The van der Waals surface area contributed by atoms with Crippen LogP contribution in [0.5, 0.6) is 5.75 Å². The molecule has 1 unspecified atom stereocenters. The Kier molecular flexibility index (Phi) is 4.21. The van der Waals surface area contributed by atoms with Gasteiger partial charge in [0.25, 0.3) is 17.4 Å². The van der Waals surface area contributed by atoms with E-state index in [1.165, 1.54) is 31.2 Å². The van der Waals surface area contributed by atoms with Crippen molar-refractivity contribution in [3.63, 3.8) is 0 Å². The molecule has 0 saturated heterocycles. The molecule has 2 amide bonds. The Morgan fingerprint density at radius 1 is 1.19 bits per heavy atom. The molecule has 1 aliphatic heterocycles. The fraction of sp³-hybridized carbons (Fsp3) is 0.176. The lowest BCUT2D eigenvalue weighted by atomic mass is 10.0. The molecule has 136 valence electrons. The van der Waals surface area contributed by atoms with Crippen molar-refractivity contribution in [1.29, 1.82) is 0 Å². The predicted octanol–water partition coefficient (Wildman–Crippen LogP) is 1.37. The molecule has 1 aliphatic rings. The molecule has 0 aromatic heterocycles. The van der Waals surface area contributed by atoms with Crippen LogP contribution in [0.15, 0.2) is 47.4 Å². The third-order valence-electron chi connectivity index (χ3n) is 4.00. The molecular formula is C17H17N3O5S. The van der Waals surface area contributed by atoms with Gasteiger partial charge < -0.3 is 15.4 Å². The van der Waals surface area contributed by atoms with Gasteiger partial charge in [-0.05, 0) is 55.8 Å². The molecule has 1 heterocycles. The number of nitrogens with two attached hydrogens (primary N) is 1. The molecule has 0 radical (unpaired) electrons. The number of fused-ring (bicyclic) bond motifs is 1. The molecule has 1 atom stereocenters. The van der Waals surface area contributed by atoms with Crippen molar-refractivity contribution in [3.8, 4) is 5.75 Å². The normalized spacial score (nSPS) is 19.1. The fourth-order valence-electron chi connectivity index (χ4n) is 2.47. The highest BCUT2D eigenvalue weighted by molar-refractivity contribution is 7.89. The number of carbonyl (C=O) groups is 2. The van der Waals surface area contributed by atoms with Crippen molar-refractivity contribution in [3.05, 3.63) is 48.0 Å². The Hall–Kier alpha value is -2.91. The van der Waals surface area contributed by atoms with Gasteiger partial charge >= 0.3 is 0 Å². The van der Waals surface area contributed by atoms with Gasteiger partial charge in [-0.15, -0.1) is 0 Å². The Bertz CT molecular complexity index is 1000. The summed E-state index contributed by atoms with van der Waals surface area (Å²) in [6.07, 6.45) is 0. The molecule has 0 fully saturated rings. The van der Waals surface area contributed by atoms with Crippen LogP contribution in [0.3, 0.4) is 0 Å². The lowest BCUT2D eigenvalue weighted by molar-refractivity contribution is -0.143. The second-order valence-corrected chi connectivity index (χ2v) is 7.67. The van der Waals surface area contributed by atoms with E-state index in [1.807, 2.05) is 6.92 Å². The van der Waals surface area contributed by atoms with Crippen LogP contribution >= 0.6 is 0 Å². The van der Waals surface area contributed by atoms with E-state index in [0.29, 0.717) is 17.1 Å². The summed E-state index contributed by atoms with van der Waals surface area (Å²) >= 11 is 0.